The van der Waals surface area contributed by atoms with Gasteiger partial charge in [-0.15, -0.1) is 10.2 Å². The molecule has 1 aliphatic heterocycles. The molecule has 3 aromatic heterocycles. The van der Waals surface area contributed by atoms with Gasteiger partial charge in [-0.3, -0.25) is 4.79 Å². The molecule has 1 N–H and O–H groups in total. The number of methoxy groups -OCH3 is 1. The molecule has 9 nitrogen and oxygen atoms in total. The molecule has 2 fully saturated rings. The number of hydrogen-bond acceptors (Lipinski definition) is 7. The Bertz CT molecular complexity index is 1270. The van der Waals surface area contributed by atoms with E-state index < -0.39 is 5.60 Å². The number of fused-ring (bicyclic) bond motifs is 1. The van der Waals surface area contributed by atoms with E-state index in [1.165, 1.54) is 6.92 Å². The van der Waals surface area contributed by atoms with Crippen molar-refractivity contribution in [1.82, 2.24) is 19.7 Å². The van der Waals surface area contributed by atoms with Gasteiger partial charge in [0.15, 0.2) is 11.5 Å². The van der Waals surface area contributed by atoms with E-state index in [1.54, 1.807) is 7.11 Å². The molecular weight excluding hydrogens is 420 g/mol. The third-order valence-electron chi connectivity index (χ3n) is 6.66. The monoisotopic (exact) mass is 446 g/mol. The number of nitriles is 1. The van der Waals surface area contributed by atoms with Crippen molar-refractivity contribution < 1.29 is 14.3 Å². The van der Waals surface area contributed by atoms with Gasteiger partial charge in [0.25, 0.3) is 0 Å². The Kier molecular flexibility index (Phi) is 5.35. The van der Waals surface area contributed by atoms with Crippen molar-refractivity contribution in [3.8, 4) is 17.3 Å². The first kappa shape index (κ1) is 21.5. The van der Waals surface area contributed by atoms with Crippen molar-refractivity contribution in [3.05, 3.63) is 35.7 Å². The quantitative estimate of drug-likeness (QED) is 0.638. The molecule has 2 aliphatic rings. The molecule has 3 aromatic rings. The molecule has 0 spiro atoms. The highest BCUT2D eigenvalue weighted by molar-refractivity contribution is 5.96. The van der Waals surface area contributed by atoms with Crippen molar-refractivity contribution in [3.63, 3.8) is 0 Å². The molecule has 1 saturated carbocycles. The predicted molar refractivity (Wildman–Crippen MR) is 121 cm³/mol. The lowest BCUT2D eigenvalue weighted by atomic mass is 9.81. The van der Waals surface area contributed by atoms with Crippen LogP contribution in [0.25, 0.3) is 22.3 Å². The molecule has 9 heteroatoms. The summed E-state index contributed by atoms with van der Waals surface area (Å²) in [4.78, 5) is 16.6. The standard InChI is InChI=1S/C24H26N6O3/c1-14-6-20(27-21(7-14)24(32-3)4-5-33-13-24)19-12-30(17-8-16(9-17)11-25)23-18(19)10-22(28-29-23)26-15(2)31/h6-7,10,12,16-17H,4-5,8-9,13H2,1-3H3,(H,26,28,31)/t16-,17-,24-/m0/s1. The number of aromatic nitrogens is 4. The van der Waals surface area contributed by atoms with Gasteiger partial charge in [0.1, 0.15) is 5.60 Å². The molecule has 0 radical (unpaired) electrons. The number of anilines is 1. The molecule has 0 aromatic carbocycles. The van der Waals surface area contributed by atoms with E-state index in [9.17, 15) is 10.1 Å². The van der Waals surface area contributed by atoms with Gasteiger partial charge >= 0.3 is 0 Å². The average Bonchev–Trinajstić information content (AvgIpc) is 3.38. The number of ether oxygens (including phenoxy) is 2. The summed E-state index contributed by atoms with van der Waals surface area (Å²) in [5, 5.41) is 21.4. The minimum Gasteiger partial charge on any atom is -0.378 e. The van der Waals surface area contributed by atoms with Gasteiger partial charge in [0, 0.05) is 50.2 Å². The Hall–Kier alpha value is -3.35. The summed E-state index contributed by atoms with van der Waals surface area (Å²) in [6, 6.07) is 8.45. The Morgan fingerprint density at radius 3 is 2.82 bits per heavy atom. The third-order valence-corrected chi connectivity index (χ3v) is 6.66. The summed E-state index contributed by atoms with van der Waals surface area (Å²) in [6.07, 6.45) is 4.36. The van der Waals surface area contributed by atoms with E-state index in [2.05, 4.69) is 26.2 Å². The zero-order valence-corrected chi connectivity index (χ0v) is 19.0. The van der Waals surface area contributed by atoms with Crippen LogP contribution in [0.3, 0.4) is 0 Å². The first-order valence-corrected chi connectivity index (χ1v) is 11.1. The van der Waals surface area contributed by atoms with E-state index in [1.807, 2.05) is 31.3 Å². The number of hydrogen-bond donors (Lipinski definition) is 1. The second-order valence-corrected chi connectivity index (χ2v) is 8.97. The number of nitrogens with one attached hydrogen (secondary N) is 1. The summed E-state index contributed by atoms with van der Waals surface area (Å²) in [7, 11) is 1.70. The van der Waals surface area contributed by atoms with E-state index in [0.717, 1.165) is 52.8 Å². The fourth-order valence-corrected chi connectivity index (χ4v) is 4.74. The van der Waals surface area contributed by atoms with Gasteiger partial charge in [-0.1, -0.05) is 0 Å². The van der Waals surface area contributed by atoms with Crippen LogP contribution in [0.15, 0.2) is 24.4 Å². The second-order valence-electron chi connectivity index (χ2n) is 8.97. The molecule has 1 aliphatic carbocycles. The molecule has 170 valence electrons. The summed E-state index contributed by atoms with van der Waals surface area (Å²) >= 11 is 0. The van der Waals surface area contributed by atoms with E-state index in [-0.39, 0.29) is 17.9 Å². The van der Waals surface area contributed by atoms with Gasteiger partial charge in [-0.25, -0.2) is 4.98 Å². The summed E-state index contributed by atoms with van der Waals surface area (Å²) in [5.41, 5.74) is 3.77. The third kappa shape index (κ3) is 3.75. The van der Waals surface area contributed by atoms with Crippen LogP contribution in [0.1, 0.15) is 43.5 Å². The highest BCUT2D eigenvalue weighted by Gasteiger charge is 2.39. The molecule has 5 rings (SSSR count). The van der Waals surface area contributed by atoms with Gasteiger partial charge in [-0.05, 0) is 43.5 Å². The lowest BCUT2D eigenvalue weighted by molar-refractivity contribution is -0.114. The first-order valence-electron chi connectivity index (χ1n) is 11.1. The van der Waals surface area contributed by atoms with Crippen LogP contribution in [-0.2, 0) is 19.9 Å². The van der Waals surface area contributed by atoms with Crippen LogP contribution in [0.2, 0.25) is 0 Å². The predicted octanol–water partition coefficient (Wildman–Crippen LogP) is 3.50. The molecule has 1 saturated heterocycles. The van der Waals surface area contributed by atoms with Crippen LogP contribution in [0.4, 0.5) is 5.82 Å². The van der Waals surface area contributed by atoms with Crippen molar-refractivity contribution >= 4 is 22.8 Å². The summed E-state index contributed by atoms with van der Waals surface area (Å²) < 4.78 is 13.6. The van der Waals surface area contributed by atoms with E-state index in [0.29, 0.717) is 19.0 Å². The molecule has 33 heavy (non-hydrogen) atoms. The van der Waals surface area contributed by atoms with E-state index >= 15 is 0 Å². The average molecular weight is 447 g/mol. The maximum Gasteiger partial charge on any atom is 0.222 e. The van der Waals surface area contributed by atoms with Crippen LogP contribution in [-0.4, -0.2) is 46.0 Å². The van der Waals surface area contributed by atoms with Crippen LogP contribution in [0.5, 0.6) is 0 Å². The highest BCUT2D eigenvalue weighted by Crippen LogP contribution is 2.42. The van der Waals surface area contributed by atoms with Crippen LogP contribution >= 0.6 is 0 Å². The number of pyridine rings is 1. The summed E-state index contributed by atoms with van der Waals surface area (Å²) in [5.74, 6) is 0.248. The smallest absolute Gasteiger partial charge is 0.222 e. The van der Waals surface area contributed by atoms with Gasteiger partial charge < -0.3 is 19.4 Å². The lowest BCUT2D eigenvalue weighted by Crippen LogP contribution is -2.30. The Balaban J connectivity index is 1.65. The number of carbonyl (C=O) groups is 1. The summed E-state index contributed by atoms with van der Waals surface area (Å²) in [6.45, 7) is 4.59. The number of nitrogens with zero attached hydrogens (tertiary/aromatic N) is 5. The normalized spacial score (nSPS) is 24.4. The molecule has 0 unspecified atom stereocenters. The van der Waals surface area contributed by atoms with Gasteiger partial charge in [0.05, 0.1) is 30.0 Å². The van der Waals surface area contributed by atoms with Gasteiger partial charge in [0.2, 0.25) is 5.91 Å². The van der Waals surface area contributed by atoms with Crippen molar-refractivity contribution in [2.24, 2.45) is 5.92 Å². The zero-order valence-electron chi connectivity index (χ0n) is 19.0. The Morgan fingerprint density at radius 2 is 2.15 bits per heavy atom. The largest absolute Gasteiger partial charge is 0.378 e. The maximum absolute atomic E-state index is 11.6. The molecular formula is C24H26N6O3. The highest BCUT2D eigenvalue weighted by atomic mass is 16.5. The fourth-order valence-electron chi connectivity index (χ4n) is 4.74. The van der Waals surface area contributed by atoms with Crippen molar-refractivity contribution in [1.29, 1.82) is 5.26 Å². The minimum atomic E-state index is -0.561. The Labute approximate surface area is 191 Å². The molecule has 1 amide bonds. The number of carbonyl (C=O) groups excluding carboxylic acids is 1. The molecule has 4 heterocycles. The fraction of sp³-hybridized carbons (Fsp3) is 0.458. The maximum atomic E-state index is 11.6. The first-order chi connectivity index (χ1) is 15.9. The Morgan fingerprint density at radius 1 is 1.33 bits per heavy atom. The van der Waals surface area contributed by atoms with Crippen LogP contribution in [0, 0.1) is 24.2 Å². The zero-order chi connectivity index (χ0) is 23.2. The molecule has 1 atom stereocenters. The topological polar surface area (TPSA) is 115 Å². The van der Waals surface area contributed by atoms with Crippen LogP contribution < -0.4 is 5.32 Å². The number of aryl methyl sites for hydroxylation is 1. The lowest BCUT2D eigenvalue weighted by Gasteiger charge is -2.32. The molecule has 0 bridgehead atoms. The minimum absolute atomic E-state index is 0.0649. The van der Waals surface area contributed by atoms with Crippen molar-refractivity contribution in [2.45, 2.75) is 44.8 Å². The van der Waals surface area contributed by atoms with Gasteiger partial charge in [-0.2, -0.15) is 5.26 Å². The number of amides is 1. The van der Waals surface area contributed by atoms with E-state index in [4.69, 9.17) is 14.5 Å². The number of rotatable bonds is 5. The SMILES string of the molecule is CO[C@@]1(c2cc(C)cc(-c3cn([C@H]4C[C@H](C#N)C4)c4nnc(NC(C)=O)cc34)n2)CCOC1. The second kappa shape index (κ2) is 8.21. The van der Waals surface area contributed by atoms with Crippen molar-refractivity contribution in [2.75, 3.05) is 25.6 Å².